The molecule has 5 rings (SSSR count). The number of rotatable bonds is 5. The minimum atomic E-state index is -0.0659. The van der Waals surface area contributed by atoms with E-state index in [0.717, 1.165) is 42.9 Å². The Morgan fingerprint density at radius 3 is 2.38 bits per heavy atom. The van der Waals surface area contributed by atoms with Crippen LogP contribution >= 0.6 is 0 Å². The Kier molecular flexibility index (Phi) is 3.32. The molecule has 1 unspecified atom stereocenters. The maximum atomic E-state index is 6.09. The van der Waals surface area contributed by atoms with E-state index < -0.39 is 0 Å². The Bertz CT molecular complexity index is 475. The van der Waals surface area contributed by atoms with Crippen molar-refractivity contribution in [3.63, 3.8) is 0 Å². The van der Waals surface area contributed by atoms with E-state index in [1.807, 2.05) is 0 Å². The Balaban J connectivity index is 1.48. The molecule has 4 fully saturated rings. The van der Waals surface area contributed by atoms with Crippen LogP contribution in [0.4, 0.5) is 0 Å². The number of hydrogen-bond acceptors (Lipinski definition) is 4. The van der Waals surface area contributed by atoms with Gasteiger partial charge in [0.1, 0.15) is 0 Å². The second-order valence-electron chi connectivity index (χ2n) is 8.04. The number of hydrogen-bond donors (Lipinski definition) is 1. The molecule has 21 heavy (non-hydrogen) atoms. The summed E-state index contributed by atoms with van der Waals surface area (Å²) in [6.07, 6.45) is 11.6. The molecule has 4 saturated carbocycles. The third kappa shape index (κ3) is 2.52. The molecule has 0 aromatic carbocycles. The normalized spacial score (nSPS) is 38.9. The van der Waals surface area contributed by atoms with E-state index >= 15 is 0 Å². The van der Waals surface area contributed by atoms with Gasteiger partial charge >= 0.3 is 0 Å². The molecule has 1 aromatic heterocycles. The maximum Gasteiger partial charge on any atom is 0.227 e. The van der Waals surface area contributed by atoms with Crippen LogP contribution in [0.3, 0.4) is 0 Å². The zero-order valence-corrected chi connectivity index (χ0v) is 13.1. The van der Waals surface area contributed by atoms with E-state index in [1.165, 1.54) is 38.5 Å². The third-order valence-electron chi connectivity index (χ3n) is 6.11. The van der Waals surface area contributed by atoms with Gasteiger partial charge in [0.05, 0.1) is 6.04 Å². The molecule has 1 heterocycles. The molecule has 0 spiro atoms. The molecule has 1 atom stereocenters. The average molecular weight is 289 g/mol. The monoisotopic (exact) mass is 289 g/mol. The van der Waals surface area contributed by atoms with Crippen molar-refractivity contribution in [1.29, 1.82) is 0 Å². The van der Waals surface area contributed by atoms with Gasteiger partial charge < -0.3 is 10.3 Å². The van der Waals surface area contributed by atoms with E-state index in [2.05, 4.69) is 17.1 Å². The van der Waals surface area contributed by atoms with Gasteiger partial charge in [-0.2, -0.15) is 4.98 Å². The molecular formula is C17H27N3O. The zero-order valence-electron chi connectivity index (χ0n) is 13.1. The Morgan fingerprint density at radius 1 is 1.19 bits per heavy atom. The highest BCUT2D eigenvalue weighted by atomic mass is 16.5. The Hall–Kier alpha value is -0.900. The lowest BCUT2D eigenvalue weighted by Gasteiger charge is -2.56. The zero-order chi connectivity index (χ0) is 14.4. The molecule has 1 aromatic rings. The third-order valence-corrected chi connectivity index (χ3v) is 6.11. The van der Waals surface area contributed by atoms with Gasteiger partial charge in [0.15, 0.2) is 5.82 Å². The van der Waals surface area contributed by atoms with Gasteiger partial charge in [-0.15, -0.1) is 0 Å². The van der Waals surface area contributed by atoms with Crippen molar-refractivity contribution < 1.29 is 4.52 Å². The summed E-state index contributed by atoms with van der Waals surface area (Å²) in [6, 6.07) is -0.0659. The summed E-state index contributed by atoms with van der Waals surface area (Å²) in [5.41, 5.74) is 6.56. The van der Waals surface area contributed by atoms with Crippen molar-refractivity contribution >= 4 is 0 Å². The molecule has 0 saturated heterocycles. The van der Waals surface area contributed by atoms with Crippen LogP contribution in [0.15, 0.2) is 4.52 Å². The van der Waals surface area contributed by atoms with E-state index in [0.29, 0.717) is 11.2 Å². The Labute approximate surface area is 126 Å². The van der Waals surface area contributed by atoms with Gasteiger partial charge in [-0.1, -0.05) is 18.5 Å². The van der Waals surface area contributed by atoms with Crippen molar-refractivity contribution in [2.45, 2.75) is 70.8 Å². The van der Waals surface area contributed by atoms with E-state index in [9.17, 15) is 0 Å². The van der Waals surface area contributed by atoms with E-state index in [1.54, 1.807) is 0 Å². The van der Waals surface area contributed by atoms with Gasteiger partial charge in [-0.3, -0.25) is 0 Å². The fraction of sp³-hybridized carbons (Fsp3) is 0.882. The lowest BCUT2D eigenvalue weighted by Crippen LogP contribution is -2.47. The van der Waals surface area contributed by atoms with Crippen molar-refractivity contribution in [2.75, 3.05) is 0 Å². The molecule has 4 bridgehead atoms. The summed E-state index contributed by atoms with van der Waals surface area (Å²) in [4.78, 5) is 4.60. The molecule has 4 aliphatic carbocycles. The van der Waals surface area contributed by atoms with Crippen molar-refractivity contribution in [3.8, 4) is 0 Å². The van der Waals surface area contributed by atoms with Crippen LogP contribution < -0.4 is 5.73 Å². The summed E-state index contributed by atoms with van der Waals surface area (Å²) in [6.45, 7) is 2.14. The smallest absolute Gasteiger partial charge is 0.227 e. The van der Waals surface area contributed by atoms with Crippen LogP contribution in [-0.2, 0) is 6.42 Å². The number of nitrogens with two attached hydrogens (primary N) is 1. The second-order valence-corrected chi connectivity index (χ2v) is 8.04. The fourth-order valence-corrected chi connectivity index (χ4v) is 5.76. The largest absolute Gasteiger partial charge is 0.339 e. The van der Waals surface area contributed by atoms with Crippen LogP contribution in [0, 0.1) is 23.2 Å². The minimum absolute atomic E-state index is 0.0659. The fourth-order valence-electron chi connectivity index (χ4n) is 5.76. The summed E-state index contributed by atoms with van der Waals surface area (Å²) in [7, 11) is 0. The second kappa shape index (κ2) is 5.08. The molecule has 0 radical (unpaired) electrons. The SMILES string of the molecule is CCCC(N)c1noc(CC23CC4CC(CC(C4)C2)C3)n1. The van der Waals surface area contributed by atoms with E-state index in [-0.39, 0.29) is 6.04 Å². The van der Waals surface area contributed by atoms with Crippen LogP contribution in [0.25, 0.3) is 0 Å². The molecule has 0 aliphatic heterocycles. The van der Waals surface area contributed by atoms with Crippen LogP contribution in [0.1, 0.15) is 76.0 Å². The molecule has 4 heteroatoms. The molecule has 0 amide bonds. The van der Waals surface area contributed by atoms with Crippen molar-refractivity contribution in [1.82, 2.24) is 10.1 Å². The van der Waals surface area contributed by atoms with Crippen LogP contribution in [0.5, 0.6) is 0 Å². The first kappa shape index (κ1) is 13.7. The van der Waals surface area contributed by atoms with E-state index in [4.69, 9.17) is 10.3 Å². The predicted molar refractivity (Wildman–Crippen MR) is 80.4 cm³/mol. The standard InChI is InChI=1S/C17H27N3O/c1-2-3-14(18)16-19-15(21-20-16)10-17-7-11-4-12(8-17)6-13(5-11)9-17/h11-14H,2-10,18H2,1H3. The lowest BCUT2D eigenvalue weighted by atomic mass is 9.49. The van der Waals surface area contributed by atoms with Gasteiger partial charge in [-0.25, -0.2) is 0 Å². The quantitative estimate of drug-likeness (QED) is 0.899. The van der Waals surface area contributed by atoms with Gasteiger partial charge in [0.2, 0.25) is 5.89 Å². The maximum absolute atomic E-state index is 6.09. The first-order chi connectivity index (χ1) is 10.2. The first-order valence-electron chi connectivity index (χ1n) is 8.74. The summed E-state index contributed by atoms with van der Waals surface area (Å²) in [5, 5.41) is 4.12. The summed E-state index contributed by atoms with van der Waals surface area (Å²) < 4.78 is 5.53. The topological polar surface area (TPSA) is 64.9 Å². The summed E-state index contributed by atoms with van der Waals surface area (Å²) >= 11 is 0. The van der Waals surface area contributed by atoms with Crippen LogP contribution in [0.2, 0.25) is 0 Å². The van der Waals surface area contributed by atoms with Crippen LogP contribution in [-0.4, -0.2) is 10.1 Å². The predicted octanol–water partition coefficient (Wildman–Crippen LogP) is 3.63. The van der Waals surface area contributed by atoms with Gasteiger partial charge in [0, 0.05) is 6.42 Å². The first-order valence-corrected chi connectivity index (χ1v) is 8.74. The summed E-state index contributed by atoms with van der Waals surface area (Å²) in [5.74, 6) is 4.46. The van der Waals surface area contributed by atoms with Gasteiger partial charge in [-0.05, 0) is 68.1 Å². The highest BCUT2D eigenvalue weighted by Crippen LogP contribution is 2.60. The minimum Gasteiger partial charge on any atom is -0.339 e. The molecule has 116 valence electrons. The number of nitrogens with zero attached hydrogens (tertiary/aromatic N) is 2. The van der Waals surface area contributed by atoms with Crippen molar-refractivity contribution in [3.05, 3.63) is 11.7 Å². The average Bonchev–Trinajstić information content (AvgIpc) is 2.85. The number of aromatic nitrogens is 2. The molecular weight excluding hydrogens is 262 g/mol. The lowest BCUT2D eigenvalue weighted by molar-refractivity contribution is -0.0556. The molecule has 4 nitrogen and oxygen atoms in total. The van der Waals surface area contributed by atoms with Gasteiger partial charge in [0.25, 0.3) is 0 Å². The Morgan fingerprint density at radius 2 is 1.81 bits per heavy atom. The highest BCUT2D eigenvalue weighted by Gasteiger charge is 2.51. The highest BCUT2D eigenvalue weighted by molar-refractivity contribution is 5.05. The van der Waals surface area contributed by atoms with Crippen molar-refractivity contribution in [2.24, 2.45) is 28.9 Å². The molecule has 2 N–H and O–H groups in total. The molecule has 4 aliphatic rings.